The lowest BCUT2D eigenvalue weighted by atomic mass is 10.2. The van der Waals surface area contributed by atoms with E-state index >= 15 is 0 Å². The van der Waals surface area contributed by atoms with E-state index in [1.54, 1.807) is 18.2 Å². The van der Waals surface area contributed by atoms with Crippen molar-refractivity contribution in [1.82, 2.24) is 10.1 Å². The van der Waals surface area contributed by atoms with Crippen LogP contribution in [0.25, 0.3) is 22.2 Å². The van der Waals surface area contributed by atoms with Crippen LogP contribution in [0, 0.1) is 0 Å². The van der Waals surface area contributed by atoms with Crippen LogP contribution in [0.1, 0.15) is 0 Å². The second-order valence-corrected chi connectivity index (χ2v) is 5.43. The Morgan fingerprint density at radius 3 is 2.94 bits per heavy atom. The smallest absolute Gasteiger partial charge is 0.262 e. The van der Waals surface area contributed by atoms with E-state index in [4.69, 9.17) is 4.52 Å². The number of hydrogen-bond donors (Lipinski definition) is 1. The molecule has 3 aromatic rings. The summed E-state index contributed by atoms with van der Waals surface area (Å²) in [7, 11) is 0. The third-order valence-electron chi connectivity index (χ3n) is 2.36. The van der Waals surface area contributed by atoms with Crippen molar-refractivity contribution in [1.29, 1.82) is 0 Å². The van der Waals surface area contributed by atoms with Crippen LogP contribution in [0.3, 0.4) is 0 Å². The molecular weight excluding hydrogens is 316 g/mol. The molecule has 0 radical (unpaired) electrons. The molecule has 0 spiro atoms. The Labute approximate surface area is 115 Å². The van der Waals surface area contributed by atoms with Gasteiger partial charge in [0.2, 0.25) is 5.82 Å². The lowest BCUT2D eigenvalue weighted by molar-refractivity contribution is 0.426. The fraction of sp³-hybridized carbons (Fsp3) is 0. The zero-order valence-corrected chi connectivity index (χ0v) is 11.4. The highest BCUT2D eigenvalue weighted by Gasteiger charge is 2.14. The maximum Gasteiger partial charge on any atom is 0.262 e. The molecule has 6 heteroatoms. The summed E-state index contributed by atoms with van der Waals surface area (Å²) < 4.78 is 6.01. The molecule has 3 rings (SSSR count). The first-order valence-electron chi connectivity index (χ1n) is 5.10. The van der Waals surface area contributed by atoms with Gasteiger partial charge in [-0.15, -0.1) is 11.3 Å². The summed E-state index contributed by atoms with van der Waals surface area (Å²) in [5.74, 6) is 0.941. The molecule has 1 N–H and O–H groups in total. The molecular formula is C12H7BrN2O2S. The maximum atomic E-state index is 9.78. The minimum absolute atomic E-state index is 0.111. The summed E-state index contributed by atoms with van der Waals surface area (Å²) in [5.41, 5.74) is 0.514. The minimum atomic E-state index is 0.111. The van der Waals surface area contributed by atoms with Gasteiger partial charge in [-0.3, -0.25) is 0 Å². The van der Waals surface area contributed by atoms with E-state index in [-0.39, 0.29) is 5.75 Å². The standard InChI is InChI=1S/C12H7BrN2O2S/c13-7-3-4-9(16)8(6-7)12-14-11(15-17-12)10-2-1-5-18-10/h1-6,16H. The normalized spacial score (nSPS) is 10.7. The summed E-state index contributed by atoms with van der Waals surface area (Å²) in [4.78, 5) is 5.21. The second kappa shape index (κ2) is 4.55. The molecule has 90 valence electrons. The van der Waals surface area contributed by atoms with Crippen LogP contribution in [0.2, 0.25) is 0 Å². The Morgan fingerprint density at radius 1 is 1.28 bits per heavy atom. The maximum absolute atomic E-state index is 9.78. The monoisotopic (exact) mass is 322 g/mol. The average Bonchev–Trinajstić information content (AvgIpc) is 3.00. The summed E-state index contributed by atoms with van der Waals surface area (Å²) in [6, 6.07) is 8.90. The molecule has 0 atom stereocenters. The number of thiophene rings is 1. The van der Waals surface area contributed by atoms with Crippen molar-refractivity contribution in [3.8, 4) is 27.9 Å². The molecule has 0 unspecified atom stereocenters. The molecule has 2 heterocycles. The molecule has 0 saturated carbocycles. The number of phenols is 1. The van der Waals surface area contributed by atoms with Crippen molar-refractivity contribution < 1.29 is 9.63 Å². The molecule has 0 amide bonds. The number of nitrogens with zero attached hydrogens (tertiary/aromatic N) is 2. The van der Waals surface area contributed by atoms with Crippen molar-refractivity contribution in [2.24, 2.45) is 0 Å². The Hall–Kier alpha value is -1.66. The third kappa shape index (κ3) is 2.04. The molecule has 0 aliphatic rings. The number of benzene rings is 1. The molecule has 0 fully saturated rings. The predicted molar refractivity (Wildman–Crippen MR) is 72.4 cm³/mol. The highest BCUT2D eigenvalue weighted by molar-refractivity contribution is 9.10. The van der Waals surface area contributed by atoms with Crippen LogP contribution < -0.4 is 0 Å². The van der Waals surface area contributed by atoms with E-state index < -0.39 is 0 Å². The lowest BCUT2D eigenvalue weighted by Gasteiger charge is -1.98. The Bertz CT molecular complexity index is 679. The molecule has 0 bridgehead atoms. The number of halogens is 1. The fourth-order valence-electron chi connectivity index (χ4n) is 1.52. The first-order chi connectivity index (χ1) is 8.74. The van der Waals surface area contributed by atoms with Crippen LogP contribution >= 0.6 is 27.3 Å². The van der Waals surface area contributed by atoms with Gasteiger partial charge in [-0.25, -0.2) is 0 Å². The van der Waals surface area contributed by atoms with Crippen molar-refractivity contribution in [3.63, 3.8) is 0 Å². The number of aromatic hydroxyl groups is 1. The van der Waals surface area contributed by atoms with Crippen molar-refractivity contribution in [3.05, 3.63) is 40.2 Å². The van der Waals surface area contributed by atoms with Crippen molar-refractivity contribution in [2.75, 3.05) is 0 Å². The fourth-order valence-corrected chi connectivity index (χ4v) is 2.53. The van der Waals surface area contributed by atoms with Crippen molar-refractivity contribution in [2.45, 2.75) is 0 Å². The average molecular weight is 323 g/mol. The van der Waals surface area contributed by atoms with Gasteiger partial charge in [0.25, 0.3) is 5.89 Å². The van der Waals surface area contributed by atoms with Crippen LogP contribution in [0.15, 0.2) is 44.7 Å². The highest BCUT2D eigenvalue weighted by atomic mass is 79.9. The van der Waals surface area contributed by atoms with Crippen LogP contribution in [0.4, 0.5) is 0 Å². The van der Waals surface area contributed by atoms with Gasteiger partial charge in [0.05, 0.1) is 10.4 Å². The molecule has 0 aliphatic carbocycles. The van der Waals surface area contributed by atoms with Gasteiger partial charge >= 0.3 is 0 Å². The van der Waals surface area contributed by atoms with Crippen LogP contribution in [-0.4, -0.2) is 15.2 Å². The van der Waals surface area contributed by atoms with E-state index in [1.807, 2.05) is 17.5 Å². The Balaban J connectivity index is 2.05. The topological polar surface area (TPSA) is 59.2 Å². The Morgan fingerprint density at radius 2 is 2.17 bits per heavy atom. The van der Waals surface area contributed by atoms with E-state index in [0.717, 1.165) is 9.35 Å². The molecule has 1 aromatic carbocycles. The number of phenolic OH excluding ortho intramolecular Hbond substituents is 1. The number of hydrogen-bond acceptors (Lipinski definition) is 5. The molecule has 4 nitrogen and oxygen atoms in total. The molecule has 18 heavy (non-hydrogen) atoms. The van der Waals surface area contributed by atoms with Gasteiger partial charge in [0.15, 0.2) is 0 Å². The lowest BCUT2D eigenvalue weighted by Crippen LogP contribution is -1.80. The predicted octanol–water partition coefficient (Wildman–Crippen LogP) is 3.93. The summed E-state index contributed by atoms with van der Waals surface area (Å²) >= 11 is 4.88. The van der Waals surface area contributed by atoms with Crippen LogP contribution in [0.5, 0.6) is 5.75 Å². The SMILES string of the molecule is Oc1ccc(Br)cc1-c1nc(-c2cccs2)no1. The summed E-state index contributed by atoms with van der Waals surface area (Å²) in [6.07, 6.45) is 0. The molecule has 0 saturated heterocycles. The van der Waals surface area contributed by atoms with Gasteiger partial charge in [0.1, 0.15) is 5.75 Å². The van der Waals surface area contributed by atoms with Gasteiger partial charge in [-0.05, 0) is 29.6 Å². The van der Waals surface area contributed by atoms with Gasteiger partial charge in [0, 0.05) is 4.47 Å². The second-order valence-electron chi connectivity index (χ2n) is 3.56. The molecule has 0 aliphatic heterocycles. The number of rotatable bonds is 2. The Kier molecular flexibility index (Phi) is 2.89. The quantitative estimate of drug-likeness (QED) is 0.776. The first-order valence-corrected chi connectivity index (χ1v) is 6.78. The van der Waals surface area contributed by atoms with E-state index in [2.05, 4.69) is 26.1 Å². The van der Waals surface area contributed by atoms with E-state index in [9.17, 15) is 5.11 Å². The zero-order chi connectivity index (χ0) is 12.5. The van der Waals surface area contributed by atoms with Gasteiger partial charge in [-0.2, -0.15) is 4.98 Å². The molecule has 2 aromatic heterocycles. The largest absolute Gasteiger partial charge is 0.507 e. The van der Waals surface area contributed by atoms with Gasteiger partial charge in [-0.1, -0.05) is 27.2 Å². The summed E-state index contributed by atoms with van der Waals surface area (Å²) in [5, 5.41) is 15.6. The van der Waals surface area contributed by atoms with Crippen molar-refractivity contribution >= 4 is 27.3 Å². The first kappa shape index (κ1) is 11.4. The van der Waals surface area contributed by atoms with Gasteiger partial charge < -0.3 is 9.63 Å². The number of aromatic nitrogens is 2. The van der Waals surface area contributed by atoms with Crippen LogP contribution in [-0.2, 0) is 0 Å². The van der Waals surface area contributed by atoms with E-state index in [0.29, 0.717) is 17.3 Å². The minimum Gasteiger partial charge on any atom is -0.507 e. The van der Waals surface area contributed by atoms with E-state index in [1.165, 1.54) is 11.3 Å². The highest BCUT2D eigenvalue weighted by Crippen LogP contribution is 2.32. The zero-order valence-electron chi connectivity index (χ0n) is 9.00. The summed E-state index contributed by atoms with van der Waals surface area (Å²) in [6.45, 7) is 0. The third-order valence-corrected chi connectivity index (χ3v) is 3.72.